The standard InChI is InChI=1S/C13H13N5O5S2/c1-7(19)22-4-2-14-8-6-9(25-13-15-3-5-24-13)10-11(17-23-16-10)12(8)18(20)21/h6,14H,2-5H2,1H3. The number of ether oxygens (including phenoxy) is 1. The summed E-state index contributed by atoms with van der Waals surface area (Å²) in [5.74, 6) is 0.489. The number of anilines is 1. The summed E-state index contributed by atoms with van der Waals surface area (Å²) in [4.78, 5) is 26.7. The molecule has 0 saturated heterocycles. The number of hydrogen-bond donors (Lipinski definition) is 1. The minimum Gasteiger partial charge on any atom is -0.464 e. The van der Waals surface area contributed by atoms with Crippen molar-refractivity contribution in [1.82, 2.24) is 10.3 Å². The smallest absolute Gasteiger partial charge is 0.323 e. The van der Waals surface area contributed by atoms with E-state index in [2.05, 4.69) is 20.6 Å². The Labute approximate surface area is 149 Å². The normalized spacial score (nSPS) is 13.7. The fourth-order valence-electron chi connectivity index (χ4n) is 2.15. The molecule has 25 heavy (non-hydrogen) atoms. The van der Waals surface area contributed by atoms with Gasteiger partial charge in [-0.3, -0.25) is 19.9 Å². The van der Waals surface area contributed by atoms with Crippen molar-refractivity contribution in [1.29, 1.82) is 0 Å². The summed E-state index contributed by atoms with van der Waals surface area (Å²) in [5, 5.41) is 21.8. The van der Waals surface area contributed by atoms with Crippen LogP contribution in [0.1, 0.15) is 6.92 Å². The van der Waals surface area contributed by atoms with Crippen LogP contribution in [-0.4, -0.2) is 51.0 Å². The van der Waals surface area contributed by atoms with Gasteiger partial charge in [0.1, 0.15) is 16.7 Å². The van der Waals surface area contributed by atoms with Gasteiger partial charge in [-0.15, -0.1) is 0 Å². The Morgan fingerprint density at radius 2 is 2.32 bits per heavy atom. The lowest BCUT2D eigenvalue weighted by molar-refractivity contribution is -0.382. The minimum atomic E-state index is -0.545. The Balaban J connectivity index is 1.93. The zero-order chi connectivity index (χ0) is 17.8. The Morgan fingerprint density at radius 1 is 1.52 bits per heavy atom. The van der Waals surface area contributed by atoms with Gasteiger partial charge in [-0.05, 0) is 16.4 Å². The van der Waals surface area contributed by atoms with Crippen LogP contribution < -0.4 is 5.32 Å². The highest BCUT2D eigenvalue weighted by Crippen LogP contribution is 2.40. The fraction of sp³-hybridized carbons (Fsp3) is 0.385. The van der Waals surface area contributed by atoms with E-state index < -0.39 is 10.9 Å². The molecule has 0 radical (unpaired) electrons. The SMILES string of the molecule is CC(=O)OCCNc1cc(SC2=NCCS2)c2nonc2c1[N+](=O)[O-]. The number of rotatable bonds is 6. The zero-order valence-corrected chi connectivity index (χ0v) is 14.7. The molecule has 1 aromatic carbocycles. The molecule has 0 amide bonds. The highest BCUT2D eigenvalue weighted by atomic mass is 32.2. The highest BCUT2D eigenvalue weighted by Gasteiger charge is 2.27. The molecule has 0 atom stereocenters. The first-order valence-corrected chi connectivity index (χ1v) is 9.02. The summed E-state index contributed by atoms with van der Waals surface area (Å²) >= 11 is 2.98. The summed E-state index contributed by atoms with van der Waals surface area (Å²) in [6.45, 7) is 2.35. The van der Waals surface area contributed by atoms with Crippen molar-refractivity contribution < 1.29 is 19.1 Å². The molecule has 132 valence electrons. The number of benzene rings is 1. The molecule has 0 unspecified atom stereocenters. The Kier molecular flexibility index (Phi) is 5.38. The van der Waals surface area contributed by atoms with Crippen molar-refractivity contribution in [3.63, 3.8) is 0 Å². The van der Waals surface area contributed by atoms with Gasteiger partial charge < -0.3 is 10.1 Å². The number of carbonyl (C=O) groups is 1. The molecule has 1 aromatic heterocycles. The number of hydrogen-bond acceptors (Lipinski definition) is 11. The molecular formula is C13H13N5O5S2. The number of fused-ring (bicyclic) bond motifs is 1. The third-order valence-corrected chi connectivity index (χ3v) is 5.34. The van der Waals surface area contributed by atoms with Gasteiger partial charge in [0, 0.05) is 24.1 Å². The number of thioether (sulfide) groups is 2. The largest absolute Gasteiger partial charge is 0.464 e. The van der Waals surface area contributed by atoms with Gasteiger partial charge in [0.05, 0.1) is 11.5 Å². The third-order valence-electron chi connectivity index (χ3n) is 3.14. The van der Waals surface area contributed by atoms with E-state index in [9.17, 15) is 14.9 Å². The summed E-state index contributed by atoms with van der Waals surface area (Å²) in [6, 6.07) is 1.62. The monoisotopic (exact) mass is 383 g/mol. The van der Waals surface area contributed by atoms with E-state index >= 15 is 0 Å². The van der Waals surface area contributed by atoms with Crippen molar-refractivity contribution in [2.45, 2.75) is 11.8 Å². The van der Waals surface area contributed by atoms with Crippen LogP contribution in [0.3, 0.4) is 0 Å². The number of esters is 1. The number of aromatic nitrogens is 2. The quantitative estimate of drug-likeness (QED) is 0.343. The number of nitrogens with one attached hydrogen (secondary N) is 1. The van der Waals surface area contributed by atoms with Gasteiger partial charge in [0.15, 0.2) is 5.52 Å². The van der Waals surface area contributed by atoms with Crippen LogP contribution >= 0.6 is 23.5 Å². The summed E-state index contributed by atoms with van der Waals surface area (Å²) in [5.41, 5.74) is 0.405. The highest BCUT2D eigenvalue weighted by molar-refractivity contribution is 8.39. The van der Waals surface area contributed by atoms with Crippen molar-refractivity contribution >= 4 is 56.3 Å². The molecule has 0 fully saturated rings. The number of nitrogens with zero attached hydrogens (tertiary/aromatic N) is 4. The lowest BCUT2D eigenvalue weighted by Crippen LogP contribution is -2.13. The maximum atomic E-state index is 11.5. The summed E-state index contributed by atoms with van der Waals surface area (Å²) in [6.07, 6.45) is 0. The molecular weight excluding hydrogens is 370 g/mol. The molecule has 1 aliphatic heterocycles. The van der Waals surface area contributed by atoms with E-state index in [1.165, 1.54) is 18.7 Å². The van der Waals surface area contributed by atoms with Crippen LogP contribution in [0.2, 0.25) is 0 Å². The number of carbonyl (C=O) groups excluding carboxylic acids is 1. The molecule has 1 N–H and O–H groups in total. The summed E-state index contributed by atoms with van der Waals surface area (Å²) < 4.78 is 10.4. The molecule has 10 nitrogen and oxygen atoms in total. The maximum absolute atomic E-state index is 11.5. The first-order valence-electron chi connectivity index (χ1n) is 7.22. The Bertz CT molecular complexity index is 853. The van der Waals surface area contributed by atoms with Crippen LogP contribution in [0.5, 0.6) is 0 Å². The van der Waals surface area contributed by atoms with Gasteiger partial charge in [0.2, 0.25) is 5.52 Å². The Morgan fingerprint density at radius 3 is 3.00 bits per heavy atom. The summed E-state index contributed by atoms with van der Waals surface area (Å²) in [7, 11) is 0. The average Bonchev–Trinajstić information content (AvgIpc) is 3.22. The molecule has 2 aromatic rings. The van der Waals surface area contributed by atoms with Crippen LogP contribution in [0.15, 0.2) is 20.6 Å². The second kappa shape index (κ2) is 7.70. The predicted octanol–water partition coefficient (Wildman–Crippen LogP) is 2.30. The molecule has 2 heterocycles. The number of nitro benzene ring substituents is 1. The van der Waals surface area contributed by atoms with Crippen molar-refractivity contribution in [3.8, 4) is 0 Å². The van der Waals surface area contributed by atoms with Crippen LogP contribution in [-0.2, 0) is 9.53 Å². The third kappa shape index (κ3) is 4.02. The lowest BCUT2D eigenvalue weighted by Gasteiger charge is -2.09. The van der Waals surface area contributed by atoms with Gasteiger partial charge in [-0.1, -0.05) is 23.5 Å². The van der Waals surface area contributed by atoms with Gasteiger partial charge in [0.25, 0.3) is 0 Å². The molecule has 0 bridgehead atoms. The average molecular weight is 383 g/mol. The lowest BCUT2D eigenvalue weighted by atomic mass is 10.2. The van der Waals surface area contributed by atoms with Crippen LogP contribution in [0.25, 0.3) is 11.0 Å². The van der Waals surface area contributed by atoms with E-state index in [-0.39, 0.29) is 30.0 Å². The predicted molar refractivity (Wildman–Crippen MR) is 94.2 cm³/mol. The van der Waals surface area contributed by atoms with Crippen molar-refractivity contribution in [3.05, 3.63) is 16.2 Å². The Hall–Kier alpha value is -2.34. The molecule has 1 aliphatic rings. The van der Waals surface area contributed by atoms with E-state index in [0.717, 1.165) is 16.7 Å². The van der Waals surface area contributed by atoms with E-state index in [4.69, 9.17) is 9.37 Å². The van der Waals surface area contributed by atoms with E-state index in [1.807, 2.05) is 0 Å². The molecule has 3 rings (SSSR count). The van der Waals surface area contributed by atoms with Crippen molar-refractivity contribution in [2.24, 2.45) is 4.99 Å². The van der Waals surface area contributed by atoms with Gasteiger partial charge in [-0.2, -0.15) is 0 Å². The fourth-order valence-corrected chi connectivity index (χ4v) is 4.20. The topological polar surface area (TPSA) is 133 Å². The van der Waals surface area contributed by atoms with Gasteiger partial charge >= 0.3 is 11.7 Å². The number of aliphatic imine (C=N–C) groups is 1. The first kappa shape index (κ1) is 17.5. The second-order valence-corrected chi connectivity index (χ2v) is 7.23. The van der Waals surface area contributed by atoms with Crippen LogP contribution in [0, 0.1) is 10.1 Å². The molecule has 12 heteroatoms. The number of nitro groups is 1. The van der Waals surface area contributed by atoms with E-state index in [0.29, 0.717) is 10.4 Å². The molecule has 0 saturated carbocycles. The van der Waals surface area contributed by atoms with E-state index in [1.54, 1.807) is 17.8 Å². The zero-order valence-electron chi connectivity index (χ0n) is 13.1. The van der Waals surface area contributed by atoms with Crippen molar-refractivity contribution in [2.75, 3.05) is 30.8 Å². The first-order chi connectivity index (χ1) is 12.1. The minimum absolute atomic E-state index is 0.0635. The molecule has 0 aliphatic carbocycles. The maximum Gasteiger partial charge on any atom is 0.323 e. The second-order valence-electron chi connectivity index (χ2n) is 4.85. The van der Waals surface area contributed by atoms with Crippen LogP contribution in [0.4, 0.5) is 11.4 Å². The molecule has 0 spiro atoms. The van der Waals surface area contributed by atoms with Gasteiger partial charge in [-0.25, -0.2) is 4.63 Å².